The number of hydrogen-bond acceptors (Lipinski definition) is 4. The maximum atomic E-state index is 12.9. The van der Waals surface area contributed by atoms with Crippen LogP contribution in [0.3, 0.4) is 0 Å². The van der Waals surface area contributed by atoms with Gasteiger partial charge in [0.2, 0.25) is 5.91 Å². The van der Waals surface area contributed by atoms with Crippen molar-refractivity contribution in [2.45, 2.75) is 19.8 Å². The fourth-order valence-electron chi connectivity index (χ4n) is 3.41. The van der Waals surface area contributed by atoms with Crippen molar-refractivity contribution in [1.29, 1.82) is 0 Å². The summed E-state index contributed by atoms with van der Waals surface area (Å²) in [5.74, 6) is 1.68. The van der Waals surface area contributed by atoms with Gasteiger partial charge in [0.15, 0.2) is 5.78 Å². The number of Topliss-reactive ketones (excluding diaryl/α,β-unsaturated/α-hetero) is 1. The Morgan fingerprint density at radius 3 is 2.48 bits per heavy atom. The van der Waals surface area contributed by atoms with Crippen LogP contribution < -0.4 is 10.1 Å². The minimum absolute atomic E-state index is 0.0111. The number of piperidine rings is 1. The molecule has 2 aromatic rings. The van der Waals surface area contributed by atoms with Crippen LogP contribution in [0.15, 0.2) is 54.6 Å². The first-order chi connectivity index (χ1) is 13.1. The maximum absolute atomic E-state index is 12.9. The van der Waals surface area contributed by atoms with E-state index in [9.17, 15) is 9.59 Å². The third-order valence-electron chi connectivity index (χ3n) is 4.80. The lowest BCUT2D eigenvalue weighted by atomic mass is 9.90. The summed E-state index contributed by atoms with van der Waals surface area (Å²) in [5.41, 5.74) is 0.726. The van der Waals surface area contributed by atoms with Crippen molar-refractivity contribution in [2.24, 2.45) is 5.92 Å². The molecule has 5 heteroatoms. The Labute approximate surface area is 160 Å². The Morgan fingerprint density at radius 2 is 1.78 bits per heavy atom. The summed E-state index contributed by atoms with van der Waals surface area (Å²) in [5, 5.41) is 2.82. The van der Waals surface area contributed by atoms with E-state index in [1.165, 1.54) is 6.92 Å². The second-order valence-corrected chi connectivity index (χ2v) is 6.93. The van der Waals surface area contributed by atoms with E-state index in [4.69, 9.17) is 4.74 Å². The molecule has 0 bridgehead atoms. The Kier molecular flexibility index (Phi) is 6.60. The lowest BCUT2D eigenvalue weighted by Crippen LogP contribution is -2.42. The van der Waals surface area contributed by atoms with Gasteiger partial charge in [-0.05, 0) is 55.8 Å². The van der Waals surface area contributed by atoms with Crippen molar-refractivity contribution in [2.75, 3.05) is 26.2 Å². The van der Waals surface area contributed by atoms with Crippen molar-refractivity contribution in [1.82, 2.24) is 10.2 Å². The van der Waals surface area contributed by atoms with Gasteiger partial charge in [0, 0.05) is 38.0 Å². The summed E-state index contributed by atoms with van der Waals surface area (Å²) in [4.78, 5) is 26.1. The van der Waals surface area contributed by atoms with Crippen LogP contribution in [0.5, 0.6) is 11.5 Å². The van der Waals surface area contributed by atoms with Crippen LogP contribution >= 0.6 is 0 Å². The molecular weight excluding hydrogens is 340 g/mol. The number of carbonyl (C=O) groups excluding carboxylic acids is 2. The largest absolute Gasteiger partial charge is 0.457 e. The molecule has 3 rings (SSSR count). The number of ketones is 1. The van der Waals surface area contributed by atoms with Crippen LogP contribution in [0.25, 0.3) is 0 Å². The summed E-state index contributed by atoms with van der Waals surface area (Å²) >= 11 is 0. The highest BCUT2D eigenvalue weighted by Gasteiger charge is 2.26. The molecule has 0 unspecified atom stereocenters. The summed E-state index contributed by atoms with van der Waals surface area (Å²) in [6.45, 7) is 4.66. The van der Waals surface area contributed by atoms with E-state index in [0.717, 1.165) is 49.5 Å². The molecule has 27 heavy (non-hydrogen) atoms. The van der Waals surface area contributed by atoms with Crippen LogP contribution in [0.1, 0.15) is 30.1 Å². The highest BCUT2D eigenvalue weighted by atomic mass is 16.5. The van der Waals surface area contributed by atoms with Gasteiger partial charge in [-0.3, -0.25) is 9.59 Å². The summed E-state index contributed by atoms with van der Waals surface area (Å²) in [6.07, 6.45) is 1.92. The quantitative estimate of drug-likeness (QED) is 0.762. The molecule has 5 nitrogen and oxygen atoms in total. The summed E-state index contributed by atoms with van der Waals surface area (Å²) in [7, 11) is 0. The van der Waals surface area contributed by atoms with Gasteiger partial charge in [-0.2, -0.15) is 0 Å². The van der Waals surface area contributed by atoms with Gasteiger partial charge in [-0.1, -0.05) is 18.2 Å². The minimum Gasteiger partial charge on any atom is -0.457 e. The molecule has 142 valence electrons. The highest BCUT2D eigenvalue weighted by molar-refractivity contribution is 5.98. The molecular formula is C22H26N2O3. The standard InChI is InChI=1S/C22H26N2O3/c1-17(25)23-13-15-24-14-5-6-19(16-24)22(26)18-9-11-21(12-10-18)27-20-7-3-2-4-8-20/h2-4,7-12,19H,5-6,13-16H2,1H3,(H,23,25)/t19-/m0/s1. The van der Waals surface area contributed by atoms with Crippen LogP contribution in [0, 0.1) is 5.92 Å². The third kappa shape index (κ3) is 5.66. The second kappa shape index (κ2) is 9.33. The van der Waals surface area contributed by atoms with E-state index in [2.05, 4.69) is 10.2 Å². The fourth-order valence-corrected chi connectivity index (χ4v) is 3.41. The molecule has 1 amide bonds. The number of carbonyl (C=O) groups is 2. The van der Waals surface area contributed by atoms with E-state index in [1.807, 2.05) is 54.6 Å². The molecule has 1 heterocycles. The van der Waals surface area contributed by atoms with Gasteiger partial charge in [0.1, 0.15) is 11.5 Å². The Balaban J connectivity index is 1.55. The minimum atomic E-state index is -0.0163. The average Bonchev–Trinajstić information content (AvgIpc) is 2.69. The summed E-state index contributed by atoms with van der Waals surface area (Å²) < 4.78 is 5.79. The molecule has 0 radical (unpaired) electrons. The van der Waals surface area contributed by atoms with Gasteiger partial charge in [-0.15, -0.1) is 0 Å². The zero-order valence-corrected chi connectivity index (χ0v) is 15.7. The SMILES string of the molecule is CC(=O)NCCN1CCC[C@H](C(=O)c2ccc(Oc3ccccc3)cc2)C1. The first kappa shape index (κ1) is 19.1. The van der Waals surface area contributed by atoms with Crippen LogP contribution in [-0.4, -0.2) is 42.8 Å². The molecule has 0 spiro atoms. The number of nitrogens with zero attached hydrogens (tertiary/aromatic N) is 1. The van der Waals surface area contributed by atoms with E-state index in [0.29, 0.717) is 6.54 Å². The predicted molar refractivity (Wildman–Crippen MR) is 105 cm³/mol. The molecule has 1 atom stereocenters. The molecule has 0 aliphatic carbocycles. The molecule has 0 saturated carbocycles. The zero-order valence-electron chi connectivity index (χ0n) is 15.7. The number of para-hydroxylation sites is 1. The van der Waals surface area contributed by atoms with E-state index in [-0.39, 0.29) is 17.6 Å². The lowest BCUT2D eigenvalue weighted by Gasteiger charge is -2.32. The molecule has 0 aromatic heterocycles. The van der Waals surface area contributed by atoms with Gasteiger partial charge in [0.25, 0.3) is 0 Å². The number of ether oxygens (including phenoxy) is 1. The van der Waals surface area contributed by atoms with Crippen LogP contribution in [0.4, 0.5) is 0 Å². The monoisotopic (exact) mass is 366 g/mol. The topological polar surface area (TPSA) is 58.6 Å². The van der Waals surface area contributed by atoms with Gasteiger partial charge in [-0.25, -0.2) is 0 Å². The smallest absolute Gasteiger partial charge is 0.216 e. The second-order valence-electron chi connectivity index (χ2n) is 6.93. The van der Waals surface area contributed by atoms with Crippen LogP contribution in [0.2, 0.25) is 0 Å². The third-order valence-corrected chi connectivity index (χ3v) is 4.80. The van der Waals surface area contributed by atoms with Crippen LogP contribution in [-0.2, 0) is 4.79 Å². The summed E-state index contributed by atoms with van der Waals surface area (Å²) in [6, 6.07) is 17.0. The normalized spacial score (nSPS) is 17.3. The van der Waals surface area contributed by atoms with Gasteiger partial charge < -0.3 is 15.0 Å². The molecule has 1 aliphatic rings. The number of amides is 1. The first-order valence-corrected chi connectivity index (χ1v) is 9.46. The Morgan fingerprint density at radius 1 is 1.07 bits per heavy atom. The van der Waals surface area contributed by atoms with Gasteiger partial charge >= 0.3 is 0 Å². The van der Waals surface area contributed by atoms with Crippen molar-refractivity contribution in [3.8, 4) is 11.5 Å². The number of nitrogens with one attached hydrogen (secondary N) is 1. The van der Waals surface area contributed by atoms with Crippen molar-refractivity contribution >= 4 is 11.7 Å². The first-order valence-electron chi connectivity index (χ1n) is 9.46. The molecule has 1 N–H and O–H groups in total. The van der Waals surface area contributed by atoms with E-state index >= 15 is 0 Å². The highest BCUT2D eigenvalue weighted by Crippen LogP contribution is 2.24. The molecule has 1 aliphatic heterocycles. The number of hydrogen-bond donors (Lipinski definition) is 1. The number of rotatable bonds is 7. The number of likely N-dealkylation sites (tertiary alicyclic amines) is 1. The maximum Gasteiger partial charge on any atom is 0.216 e. The average molecular weight is 366 g/mol. The Bertz CT molecular complexity index is 759. The van der Waals surface area contributed by atoms with Crippen molar-refractivity contribution in [3.05, 3.63) is 60.2 Å². The fraction of sp³-hybridized carbons (Fsp3) is 0.364. The van der Waals surface area contributed by atoms with Crippen molar-refractivity contribution in [3.63, 3.8) is 0 Å². The van der Waals surface area contributed by atoms with E-state index in [1.54, 1.807) is 0 Å². The number of benzene rings is 2. The lowest BCUT2D eigenvalue weighted by molar-refractivity contribution is -0.119. The van der Waals surface area contributed by atoms with Gasteiger partial charge in [0.05, 0.1) is 0 Å². The Hall–Kier alpha value is -2.66. The molecule has 1 fully saturated rings. The van der Waals surface area contributed by atoms with E-state index < -0.39 is 0 Å². The zero-order chi connectivity index (χ0) is 19.1. The van der Waals surface area contributed by atoms with Crippen molar-refractivity contribution < 1.29 is 14.3 Å². The molecule has 2 aromatic carbocycles. The predicted octanol–water partition coefficient (Wildman–Crippen LogP) is 3.51. The molecule has 1 saturated heterocycles.